The number of amides is 2. The van der Waals surface area contributed by atoms with Gasteiger partial charge >= 0.3 is 0 Å². The summed E-state index contributed by atoms with van der Waals surface area (Å²) in [5.74, 6) is 0.471. The number of nitrogens with zero attached hydrogens (tertiary/aromatic N) is 3. The van der Waals surface area contributed by atoms with Gasteiger partial charge in [0.25, 0.3) is 5.91 Å². The van der Waals surface area contributed by atoms with Crippen molar-refractivity contribution in [3.8, 4) is 0 Å². The number of para-hydroxylation sites is 1. The fraction of sp³-hybridized carbons (Fsp3) is 0.391. The zero-order chi connectivity index (χ0) is 22.1. The lowest BCUT2D eigenvalue weighted by molar-refractivity contribution is -0.123. The van der Waals surface area contributed by atoms with Gasteiger partial charge in [0.2, 0.25) is 5.91 Å². The van der Waals surface area contributed by atoms with Crippen molar-refractivity contribution < 1.29 is 9.59 Å². The topological polar surface area (TPSA) is 79.5 Å². The van der Waals surface area contributed by atoms with Gasteiger partial charge in [0.15, 0.2) is 0 Å². The second-order valence-electron chi connectivity index (χ2n) is 8.04. The number of hydrogen-bond acceptors (Lipinski definition) is 6. The van der Waals surface area contributed by atoms with E-state index in [0.717, 1.165) is 34.3 Å². The first-order valence-electron chi connectivity index (χ1n) is 10.6. The summed E-state index contributed by atoms with van der Waals surface area (Å²) in [6.45, 7) is 6.12. The second-order valence-corrected chi connectivity index (χ2v) is 9.72. The third kappa shape index (κ3) is 4.32. The number of nitrogens with two attached hydrogens (primary N) is 1. The van der Waals surface area contributed by atoms with Crippen LogP contribution < -0.4 is 10.6 Å². The number of thiocarbonyl (C=S) groups is 1. The van der Waals surface area contributed by atoms with Crippen molar-refractivity contribution in [1.82, 2.24) is 9.88 Å². The van der Waals surface area contributed by atoms with E-state index in [-0.39, 0.29) is 17.7 Å². The number of benzene rings is 1. The van der Waals surface area contributed by atoms with E-state index in [1.807, 2.05) is 38.1 Å². The van der Waals surface area contributed by atoms with Crippen LogP contribution in [0.1, 0.15) is 37.3 Å². The van der Waals surface area contributed by atoms with Crippen LogP contribution >= 0.6 is 24.0 Å². The van der Waals surface area contributed by atoms with Gasteiger partial charge in [-0.25, -0.2) is 4.98 Å². The molecule has 1 aromatic heterocycles. The normalized spacial score (nSPS) is 19.1. The average molecular weight is 455 g/mol. The van der Waals surface area contributed by atoms with E-state index in [1.165, 1.54) is 11.8 Å². The molecule has 4 rings (SSSR count). The number of thioether (sulfide) groups is 1. The molecule has 0 unspecified atom stereocenters. The molecule has 31 heavy (non-hydrogen) atoms. The number of carbonyl (C=O) groups is 2. The molecule has 162 valence electrons. The predicted molar refractivity (Wildman–Crippen MR) is 131 cm³/mol. The summed E-state index contributed by atoms with van der Waals surface area (Å²) in [6, 6.07) is 8.20. The molecule has 8 heteroatoms. The number of hydrogen-bond donors (Lipinski definition) is 1. The van der Waals surface area contributed by atoms with Gasteiger partial charge in [-0.1, -0.05) is 49.1 Å². The van der Waals surface area contributed by atoms with E-state index in [4.69, 9.17) is 22.9 Å². The Hall–Kier alpha value is -2.45. The second kappa shape index (κ2) is 8.96. The molecule has 0 atom stereocenters. The molecule has 0 saturated carbocycles. The molecule has 1 aromatic carbocycles. The van der Waals surface area contributed by atoms with Crippen molar-refractivity contribution in [2.45, 2.75) is 33.1 Å². The number of aromatic nitrogens is 1. The zero-order valence-electron chi connectivity index (χ0n) is 17.8. The van der Waals surface area contributed by atoms with Crippen molar-refractivity contribution in [3.05, 3.63) is 40.3 Å². The standard InChI is InChI=1S/C23H26N4O2S2/c1-3-9-27-22(29)18(31-23(27)30)13-17-12-16-6-4-5-14(2)19(16)25-21(17)26-10-7-15(8-11-26)20(24)28/h4-6,12-13,15H,3,7-11H2,1-2H3,(H2,24,28)/b18-13-. The van der Waals surface area contributed by atoms with Crippen molar-refractivity contribution in [2.75, 3.05) is 24.5 Å². The zero-order valence-corrected chi connectivity index (χ0v) is 19.4. The van der Waals surface area contributed by atoms with E-state index < -0.39 is 0 Å². The number of fused-ring (bicyclic) bond motifs is 1. The minimum atomic E-state index is -0.234. The smallest absolute Gasteiger partial charge is 0.266 e. The number of carbonyl (C=O) groups excluding carboxylic acids is 2. The molecule has 6 nitrogen and oxygen atoms in total. The fourth-order valence-corrected chi connectivity index (χ4v) is 5.45. The SMILES string of the molecule is CCCN1C(=O)/C(=C/c2cc3cccc(C)c3nc2N2CCC(C(N)=O)CC2)SC1=S. The Morgan fingerprint density at radius 1 is 1.35 bits per heavy atom. The maximum absolute atomic E-state index is 12.9. The van der Waals surface area contributed by atoms with E-state index in [9.17, 15) is 9.59 Å². The molecule has 2 fully saturated rings. The summed E-state index contributed by atoms with van der Waals surface area (Å²) in [6.07, 6.45) is 4.19. The Bertz CT molecular complexity index is 1090. The van der Waals surface area contributed by atoms with Crippen LogP contribution in [0.25, 0.3) is 17.0 Å². The third-order valence-electron chi connectivity index (χ3n) is 5.86. The summed E-state index contributed by atoms with van der Waals surface area (Å²) in [4.78, 5) is 34.0. The Morgan fingerprint density at radius 2 is 2.10 bits per heavy atom. The number of pyridine rings is 1. The van der Waals surface area contributed by atoms with E-state index in [2.05, 4.69) is 11.0 Å². The number of rotatable bonds is 5. The molecule has 2 saturated heterocycles. The highest BCUT2D eigenvalue weighted by Crippen LogP contribution is 2.36. The molecule has 2 aliphatic rings. The molecule has 0 bridgehead atoms. The van der Waals surface area contributed by atoms with Crippen molar-refractivity contribution in [1.29, 1.82) is 0 Å². The summed E-state index contributed by atoms with van der Waals surface area (Å²) < 4.78 is 0.603. The van der Waals surface area contributed by atoms with Gasteiger partial charge in [-0.3, -0.25) is 14.5 Å². The highest BCUT2D eigenvalue weighted by molar-refractivity contribution is 8.26. The number of primary amides is 1. The van der Waals surface area contributed by atoms with Crippen molar-refractivity contribution in [3.63, 3.8) is 0 Å². The fourth-order valence-electron chi connectivity index (χ4n) is 4.15. The third-order valence-corrected chi connectivity index (χ3v) is 7.24. The van der Waals surface area contributed by atoms with Crippen LogP contribution in [0.2, 0.25) is 0 Å². The summed E-state index contributed by atoms with van der Waals surface area (Å²) in [5, 5.41) is 1.03. The number of anilines is 1. The molecule has 2 N–H and O–H groups in total. The Balaban J connectivity index is 1.75. The summed E-state index contributed by atoms with van der Waals surface area (Å²) >= 11 is 6.77. The molecule has 2 amide bonds. The highest BCUT2D eigenvalue weighted by Gasteiger charge is 2.32. The molecule has 0 spiro atoms. The first kappa shape index (κ1) is 21.8. The van der Waals surface area contributed by atoms with E-state index in [0.29, 0.717) is 41.7 Å². The Labute approximate surface area is 191 Å². The summed E-state index contributed by atoms with van der Waals surface area (Å²) in [5.41, 5.74) is 8.46. The number of piperidine rings is 1. The molecule has 0 aliphatic carbocycles. The largest absolute Gasteiger partial charge is 0.369 e. The van der Waals surface area contributed by atoms with E-state index >= 15 is 0 Å². The predicted octanol–water partition coefficient (Wildman–Crippen LogP) is 3.86. The van der Waals surface area contributed by atoms with Gasteiger partial charge in [0, 0.05) is 36.5 Å². The van der Waals surface area contributed by atoms with Crippen molar-refractivity contribution >= 4 is 62.9 Å². The van der Waals surface area contributed by atoms with Gasteiger partial charge < -0.3 is 10.6 Å². The van der Waals surface area contributed by atoms with Crippen LogP contribution in [0.4, 0.5) is 5.82 Å². The van der Waals surface area contributed by atoms with Gasteiger partial charge in [0.1, 0.15) is 10.1 Å². The highest BCUT2D eigenvalue weighted by atomic mass is 32.2. The Morgan fingerprint density at radius 3 is 2.77 bits per heavy atom. The molecule has 0 radical (unpaired) electrons. The van der Waals surface area contributed by atoms with Crippen LogP contribution in [-0.2, 0) is 9.59 Å². The van der Waals surface area contributed by atoms with Crippen LogP contribution in [0.15, 0.2) is 29.2 Å². The monoisotopic (exact) mass is 454 g/mol. The maximum Gasteiger partial charge on any atom is 0.266 e. The molecular formula is C23H26N4O2S2. The van der Waals surface area contributed by atoms with Gasteiger partial charge in [-0.2, -0.15) is 0 Å². The lowest BCUT2D eigenvalue weighted by Gasteiger charge is -2.32. The van der Waals surface area contributed by atoms with Gasteiger partial charge in [-0.05, 0) is 43.9 Å². The number of aryl methyl sites for hydroxylation is 1. The molecular weight excluding hydrogens is 428 g/mol. The molecule has 2 aromatic rings. The quantitative estimate of drug-likeness (QED) is 0.546. The first-order valence-corrected chi connectivity index (χ1v) is 11.8. The first-order chi connectivity index (χ1) is 14.9. The molecule has 3 heterocycles. The maximum atomic E-state index is 12.9. The van der Waals surface area contributed by atoms with Crippen LogP contribution in [0.5, 0.6) is 0 Å². The van der Waals surface area contributed by atoms with Gasteiger partial charge in [0.05, 0.1) is 10.4 Å². The molecule has 2 aliphatic heterocycles. The van der Waals surface area contributed by atoms with Crippen LogP contribution in [0.3, 0.4) is 0 Å². The van der Waals surface area contributed by atoms with E-state index in [1.54, 1.807) is 4.90 Å². The van der Waals surface area contributed by atoms with Crippen LogP contribution in [0, 0.1) is 12.8 Å². The lowest BCUT2D eigenvalue weighted by atomic mass is 9.96. The van der Waals surface area contributed by atoms with Crippen LogP contribution in [-0.4, -0.2) is 45.7 Å². The lowest BCUT2D eigenvalue weighted by Crippen LogP contribution is -2.39. The van der Waals surface area contributed by atoms with Crippen molar-refractivity contribution in [2.24, 2.45) is 11.7 Å². The average Bonchev–Trinajstić information content (AvgIpc) is 3.01. The summed E-state index contributed by atoms with van der Waals surface area (Å²) in [7, 11) is 0. The Kier molecular flexibility index (Phi) is 6.29. The minimum absolute atomic E-state index is 0.0421. The van der Waals surface area contributed by atoms with Gasteiger partial charge in [-0.15, -0.1) is 0 Å². The minimum Gasteiger partial charge on any atom is -0.369 e.